The molecule has 7 heteroatoms. The lowest BCUT2D eigenvalue weighted by molar-refractivity contribution is 0.0748. The van der Waals surface area contributed by atoms with Gasteiger partial charge in [0.2, 0.25) is 0 Å². The standard InChI is InChI=1S/C21H19N3O3S/c1-24(10-11-26-2)21(25)18-13-22-20(28-18)19-16-9-8-15(12-17(16)27-23-19)14-6-4-3-5-7-14/h3-9,12-13H,10-11H2,1-2H3. The quantitative estimate of drug-likeness (QED) is 0.487. The van der Waals surface area contributed by atoms with Gasteiger partial charge in [0, 0.05) is 20.7 Å². The molecule has 0 aliphatic rings. The lowest BCUT2D eigenvalue weighted by atomic mass is 10.0. The monoisotopic (exact) mass is 393 g/mol. The van der Waals surface area contributed by atoms with Crippen molar-refractivity contribution in [2.45, 2.75) is 0 Å². The summed E-state index contributed by atoms with van der Waals surface area (Å²) in [5.74, 6) is -0.0834. The first-order valence-corrected chi connectivity index (χ1v) is 9.64. The summed E-state index contributed by atoms with van der Waals surface area (Å²) in [7, 11) is 3.36. The minimum atomic E-state index is -0.0834. The maximum absolute atomic E-state index is 12.5. The number of thiazole rings is 1. The molecule has 0 saturated heterocycles. The van der Waals surface area contributed by atoms with Crippen molar-refractivity contribution in [3.8, 4) is 21.8 Å². The van der Waals surface area contributed by atoms with Crippen LogP contribution in [0.15, 0.2) is 59.3 Å². The van der Waals surface area contributed by atoms with Gasteiger partial charge in [-0.25, -0.2) is 4.98 Å². The number of amides is 1. The van der Waals surface area contributed by atoms with E-state index in [9.17, 15) is 4.79 Å². The average Bonchev–Trinajstić information content (AvgIpc) is 3.38. The molecule has 2 aromatic carbocycles. The van der Waals surface area contributed by atoms with Gasteiger partial charge in [-0.15, -0.1) is 11.3 Å². The predicted octanol–water partition coefficient (Wildman–Crippen LogP) is 4.34. The second kappa shape index (κ2) is 7.92. The van der Waals surface area contributed by atoms with Gasteiger partial charge in [-0.05, 0) is 23.3 Å². The van der Waals surface area contributed by atoms with Crippen molar-refractivity contribution in [3.63, 3.8) is 0 Å². The highest BCUT2D eigenvalue weighted by Gasteiger charge is 2.19. The summed E-state index contributed by atoms with van der Waals surface area (Å²) in [6, 6.07) is 16.1. The number of benzene rings is 2. The molecular weight excluding hydrogens is 374 g/mol. The van der Waals surface area contributed by atoms with E-state index >= 15 is 0 Å². The lowest BCUT2D eigenvalue weighted by Crippen LogP contribution is -2.29. The molecule has 4 rings (SSSR count). The third-order valence-electron chi connectivity index (χ3n) is 4.48. The summed E-state index contributed by atoms with van der Waals surface area (Å²) in [4.78, 5) is 19.1. The normalized spacial score (nSPS) is 11.1. The topological polar surface area (TPSA) is 68.5 Å². The van der Waals surface area contributed by atoms with Gasteiger partial charge in [-0.2, -0.15) is 0 Å². The van der Waals surface area contributed by atoms with Gasteiger partial charge in [0.1, 0.15) is 15.6 Å². The highest BCUT2D eigenvalue weighted by Crippen LogP contribution is 2.33. The van der Waals surface area contributed by atoms with Crippen LogP contribution in [0.3, 0.4) is 0 Å². The first-order valence-electron chi connectivity index (χ1n) is 8.83. The van der Waals surface area contributed by atoms with Crippen LogP contribution in [0.1, 0.15) is 9.67 Å². The number of nitrogens with zero attached hydrogens (tertiary/aromatic N) is 3. The second-order valence-corrected chi connectivity index (χ2v) is 7.39. The minimum Gasteiger partial charge on any atom is -0.383 e. The third-order valence-corrected chi connectivity index (χ3v) is 5.47. The van der Waals surface area contributed by atoms with Gasteiger partial charge in [-0.1, -0.05) is 41.6 Å². The van der Waals surface area contributed by atoms with Crippen LogP contribution in [-0.2, 0) is 4.74 Å². The first-order chi connectivity index (χ1) is 13.7. The van der Waals surface area contributed by atoms with Crippen molar-refractivity contribution in [1.29, 1.82) is 0 Å². The second-order valence-electron chi connectivity index (χ2n) is 6.36. The van der Waals surface area contributed by atoms with Gasteiger partial charge >= 0.3 is 0 Å². The van der Waals surface area contributed by atoms with Crippen molar-refractivity contribution in [2.75, 3.05) is 27.3 Å². The van der Waals surface area contributed by atoms with Crippen LogP contribution >= 0.6 is 11.3 Å². The lowest BCUT2D eigenvalue weighted by Gasteiger charge is -2.14. The maximum Gasteiger partial charge on any atom is 0.265 e. The zero-order valence-electron chi connectivity index (χ0n) is 15.6. The van der Waals surface area contributed by atoms with E-state index in [2.05, 4.69) is 22.3 Å². The third kappa shape index (κ3) is 3.54. The van der Waals surface area contributed by atoms with Gasteiger partial charge in [0.15, 0.2) is 5.58 Å². The van der Waals surface area contributed by atoms with Gasteiger partial charge < -0.3 is 14.2 Å². The molecule has 2 heterocycles. The Morgan fingerprint density at radius 2 is 2.00 bits per heavy atom. The summed E-state index contributed by atoms with van der Waals surface area (Å²) in [5, 5.41) is 5.73. The molecule has 4 aromatic rings. The van der Waals surface area contributed by atoms with Crippen molar-refractivity contribution < 1.29 is 14.1 Å². The number of carbonyl (C=O) groups excluding carboxylic acids is 1. The van der Waals surface area contributed by atoms with Crippen LogP contribution < -0.4 is 0 Å². The summed E-state index contributed by atoms with van der Waals surface area (Å²) >= 11 is 1.31. The number of likely N-dealkylation sites (N-methyl/N-ethyl adjacent to an activating group) is 1. The fourth-order valence-electron chi connectivity index (χ4n) is 2.90. The first kappa shape index (κ1) is 18.3. The number of carbonyl (C=O) groups is 1. The molecular formula is C21H19N3O3S. The summed E-state index contributed by atoms with van der Waals surface area (Å²) < 4.78 is 10.6. The fraction of sp³-hybridized carbons (Fsp3) is 0.190. The Morgan fingerprint density at radius 1 is 1.18 bits per heavy atom. The van der Waals surface area contributed by atoms with Crippen LogP contribution in [0, 0.1) is 0 Å². The van der Waals surface area contributed by atoms with Crippen molar-refractivity contribution >= 4 is 28.2 Å². The number of hydrogen-bond acceptors (Lipinski definition) is 6. The number of hydrogen-bond donors (Lipinski definition) is 0. The van der Waals surface area contributed by atoms with Crippen LogP contribution in [0.25, 0.3) is 32.8 Å². The molecule has 0 spiro atoms. The highest BCUT2D eigenvalue weighted by atomic mass is 32.1. The number of ether oxygens (including phenoxy) is 1. The molecule has 0 unspecified atom stereocenters. The Labute approximate surface area is 166 Å². The van der Waals surface area contributed by atoms with E-state index in [1.807, 2.05) is 36.4 Å². The molecule has 2 aromatic heterocycles. The number of rotatable bonds is 6. The molecule has 142 valence electrons. The molecule has 28 heavy (non-hydrogen) atoms. The van der Waals surface area contributed by atoms with E-state index in [0.717, 1.165) is 16.5 Å². The number of aromatic nitrogens is 2. The van der Waals surface area contributed by atoms with Crippen molar-refractivity contribution in [1.82, 2.24) is 15.0 Å². The maximum atomic E-state index is 12.5. The van der Waals surface area contributed by atoms with Crippen molar-refractivity contribution in [3.05, 3.63) is 59.6 Å². The molecule has 6 nitrogen and oxygen atoms in total. The van der Waals surface area contributed by atoms with Gasteiger partial charge in [-0.3, -0.25) is 4.79 Å². The minimum absolute atomic E-state index is 0.0834. The van der Waals surface area contributed by atoms with E-state index in [4.69, 9.17) is 9.26 Å². The smallest absolute Gasteiger partial charge is 0.265 e. The Bertz CT molecular complexity index is 1100. The molecule has 0 N–H and O–H groups in total. The van der Waals surface area contributed by atoms with Crippen LogP contribution in [0.4, 0.5) is 0 Å². The molecule has 0 bridgehead atoms. The molecule has 1 amide bonds. The van der Waals surface area contributed by atoms with Gasteiger partial charge in [0.05, 0.1) is 18.2 Å². The predicted molar refractivity (Wildman–Crippen MR) is 109 cm³/mol. The molecule has 0 aliphatic carbocycles. The summed E-state index contributed by atoms with van der Waals surface area (Å²) in [5.41, 5.74) is 3.52. The Kier molecular flexibility index (Phi) is 5.18. The highest BCUT2D eigenvalue weighted by molar-refractivity contribution is 7.17. The molecule has 0 radical (unpaired) electrons. The Balaban J connectivity index is 1.62. The van der Waals surface area contributed by atoms with E-state index < -0.39 is 0 Å². The number of fused-ring (bicyclic) bond motifs is 1. The zero-order valence-corrected chi connectivity index (χ0v) is 16.4. The van der Waals surface area contributed by atoms with Crippen LogP contribution in [0.2, 0.25) is 0 Å². The fourth-order valence-corrected chi connectivity index (χ4v) is 3.81. The molecule has 0 saturated carbocycles. The van der Waals surface area contributed by atoms with Crippen LogP contribution in [-0.4, -0.2) is 48.3 Å². The zero-order chi connectivity index (χ0) is 19.5. The molecule has 0 aliphatic heterocycles. The SMILES string of the molecule is COCCN(C)C(=O)c1cnc(-c2noc3cc(-c4ccccc4)ccc23)s1. The Morgan fingerprint density at radius 3 is 2.79 bits per heavy atom. The summed E-state index contributed by atoms with van der Waals surface area (Å²) in [6.45, 7) is 1.02. The largest absolute Gasteiger partial charge is 0.383 e. The number of methoxy groups -OCH3 is 1. The van der Waals surface area contributed by atoms with E-state index in [1.54, 1.807) is 25.3 Å². The van der Waals surface area contributed by atoms with Crippen molar-refractivity contribution in [2.24, 2.45) is 0 Å². The molecule has 0 atom stereocenters. The average molecular weight is 393 g/mol. The van der Waals surface area contributed by atoms with E-state index in [0.29, 0.717) is 34.3 Å². The van der Waals surface area contributed by atoms with E-state index in [-0.39, 0.29) is 5.91 Å². The van der Waals surface area contributed by atoms with E-state index in [1.165, 1.54) is 11.3 Å². The molecule has 0 fully saturated rings. The van der Waals surface area contributed by atoms with Gasteiger partial charge in [0.25, 0.3) is 5.91 Å². The Hall–Kier alpha value is -3.03. The summed E-state index contributed by atoms with van der Waals surface area (Å²) in [6.07, 6.45) is 1.59. The van der Waals surface area contributed by atoms with Crippen LogP contribution in [0.5, 0.6) is 0 Å².